The van der Waals surface area contributed by atoms with Crippen LogP contribution < -0.4 is 4.74 Å². The van der Waals surface area contributed by atoms with Crippen LogP contribution in [-0.4, -0.2) is 43.9 Å². The third kappa shape index (κ3) is 3.88. The summed E-state index contributed by atoms with van der Waals surface area (Å²) in [5.74, 6) is 0.794. The fraction of sp³-hybridized carbons (Fsp3) is 0.429. The molecule has 2 heterocycles. The molecule has 0 spiro atoms. The molecule has 0 N–H and O–H groups in total. The summed E-state index contributed by atoms with van der Waals surface area (Å²) in [6.45, 7) is 6.10. The number of hydrogen-bond donors (Lipinski definition) is 0. The van der Waals surface area contributed by atoms with Crippen molar-refractivity contribution in [2.24, 2.45) is 0 Å². The van der Waals surface area contributed by atoms with Crippen LogP contribution in [0.25, 0.3) is 0 Å². The van der Waals surface area contributed by atoms with Crippen molar-refractivity contribution in [1.82, 2.24) is 9.21 Å². The van der Waals surface area contributed by atoms with Crippen molar-refractivity contribution in [3.8, 4) is 5.75 Å². The van der Waals surface area contributed by atoms with E-state index in [1.165, 1.54) is 18.4 Å². The highest BCUT2D eigenvalue weighted by atomic mass is 32.2. The maximum atomic E-state index is 13.2. The lowest BCUT2D eigenvalue weighted by molar-refractivity contribution is 0.292. The summed E-state index contributed by atoms with van der Waals surface area (Å²) in [6.07, 6.45) is 2.52. The van der Waals surface area contributed by atoms with Crippen LogP contribution in [0.4, 0.5) is 0 Å². The van der Waals surface area contributed by atoms with E-state index in [0.29, 0.717) is 24.6 Å². The Balaban J connectivity index is 1.61. The molecule has 0 unspecified atom stereocenters. The van der Waals surface area contributed by atoms with Gasteiger partial charge in [-0.3, -0.25) is 4.90 Å². The van der Waals surface area contributed by atoms with Crippen LogP contribution in [0.15, 0.2) is 47.4 Å². The van der Waals surface area contributed by atoms with Crippen molar-refractivity contribution in [2.45, 2.75) is 37.8 Å². The van der Waals surface area contributed by atoms with Crippen LogP contribution in [-0.2, 0) is 23.1 Å². The second-order valence-corrected chi connectivity index (χ2v) is 9.28. The number of aryl methyl sites for hydroxylation is 1. The molecule has 0 aromatic heterocycles. The highest BCUT2D eigenvalue weighted by Gasteiger charge is 2.29. The second kappa shape index (κ2) is 7.62. The Morgan fingerprint density at radius 3 is 2.59 bits per heavy atom. The van der Waals surface area contributed by atoms with Gasteiger partial charge >= 0.3 is 0 Å². The van der Waals surface area contributed by atoms with E-state index >= 15 is 0 Å². The van der Waals surface area contributed by atoms with E-state index < -0.39 is 10.0 Å². The first kappa shape index (κ1) is 18.5. The average Bonchev–Trinajstić information content (AvgIpc) is 3.06. The fourth-order valence-corrected chi connectivity index (χ4v) is 5.54. The van der Waals surface area contributed by atoms with Crippen LogP contribution >= 0.6 is 0 Å². The summed E-state index contributed by atoms with van der Waals surface area (Å²) in [7, 11) is -3.55. The Hall–Kier alpha value is -1.89. The molecule has 1 fully saturated rings. The third-order valence-corrected chi connectivity index (χ3v) is 7.39. The Bertz CT molecular complexity index is 921. The van der Waals surface area contributed by atoms with Gasteiger partial charge in [0.15, 0.2) is 0 Å². The molecule has 2 aliphatic heterocycles. The number of nitrogens with zero attached hydrogens (tertiary/aromatic N) is 2. The molecule has 2 aromatic rings. The number of hydrogen-bond acceptors (Lipinski definition) is 4. The van der Waals surface area contributed by atoms with Gasteiger partial charge in [-0.05, 0) is 62.2 Å². The molecule has 2 aromatic carbocycles. The van der Waals surface area contributed by atoms with E-state index in [-0.39, 0.29) is 0 Å². The zero-order valence-corrected chi connectivity index (χ0v) is 16.5. The van der Waals surface area contributed by atoms with E-state index in [9.17, 15) is 8.42 Å². The number of benzene rings is 2. The molecule has 27 heavy (non-hydrogen) atoms. The van der Waals surface area contributed by atoms with Crippen molar-refractivity contribution >= 4 is 10.0 Å². The molecule has 6 heteroatoms. The second-order valence-electron chi connectivity index (χ2n) is 7.38. The Kier molecular flexibility index (Phi) is 5.21. The van der Waals surface area contributed by atoms with Gasteiger partial charge in [0.1, 0.15) is 12.4 Å². The molecule has 4 rings (SSSR count). The van der Waals surface area contributed by atoms with Crippen molar-refractivity contribution < 1.29 is 13.2 Å². The quantitative estimate of drug-likeness (QED) is 0.810. The van der Waals surface area contributed by atoms with Gasteiger partial charge in [0.05, 0.1) is 4.90 Å². The van der Waals surface area contributed by atoms with Gasteiger partial charge in [-0.1, -0.05) is 24.3 Å². The SMILES string of the molecule is Cc1ccccc1S(=O)(=O)N1CCOc2ccc(CN3CCCC3)cc2C1. The summed E-state index contributed by atoms with van der Waals surface area (Å²) in [4.78, 5) is 2.82. The predicted octanol–water partition coefficient (Wildman–Crippen LogP) is 3.17. The lowest BCUT2D eigenvalue weighted by Crippen LogP contribution is -2.33. The Morgan fingerprint density at radius 1 is 1.04 bits per heavy atom. The normalized spacial score (nSPS) is 18.7. The van der Waals surface area contributed by atoms with Crippen molar-refractivity contribution in [1.29, 1.82) is 0 Å². The molecule has 0 radical (unpaired) electrons. The molecule has 5 nitrogen and oxygen atoms in total. The minimum Gasteiger partial charge on any atom is -0.492 e. The van der Waals surface area contributed by atoms with E-state index in [2.05, 4.69) is 17.0 Å². The van der Waals surface area contributed by atoms with Crippen LogP contribution in [0, 0.1) is 6.92 Å². The topological polar surface area (TPSA) is 49.9 Å². The van der Waals surface area contributed by atoms with Gasteiger partial charge in [-0.25, -0.2) is 8.42 Å². The van der Waals surface area contributed by atoms with Crippen LogP contribution in [0.5, 0.6) is 5.75 Å². The molecule has 2 aliphatic rings. The molecule has 0 aliphatic carbocycles. The number of rotatable bonds is 4. The smallest absolute Gasteiger partial charge is 0.243 e. The zero-order valence-electron chi connectivity index (χ0n) is 15.7. The molecule has 0 saturated carbocycles. The molecule has 144 valence electrons. The highest BCUT2D eigenvalue weighted by molar-refractivity contribution is 7.89. The molecule has 1 saturated heterocycles. The summed E-state index contributed by atoms with van der Waals surface area (Å²) in [6, 6.07) is 13.4. The van der Waals surface area contributed by atoms with Crippen molar-refractivity contribution in [2.75, 3.05) is 26.2 Å². The average molecular weight is 387 g/mol. The molecular formula is C21H26N2O3S. The van der Waals surface area contributed by atoms with E-state index in [1.807, 2.05) is 25.1 Å². The summed E-state index contributed by atoms with van der Waals surface area (Å²) in [5, 5.41) is 0. The van der Waals surface area contributed by atoms with Crippen LogP contribution in [0.1, 0.15) is 29.5 Å². The lowest BCUT2D eigenvalue weighted by Gasteiger charge is -2.21. The molecule has 0 amide bonds. The van der Waals surface area contributed by atoms with E-state index in [1.54, 1.807) is 16.4 Å². The lowest BCUT2D eigenvalue weighted by atomic mass is 10.1. The first-order valence-electron chi connectivity index (χ1n) is 9.57. The van der Waals surface area contributed by atoms with E-state index in [0.717, 1.165) is 36.5 Å². The monoisotopic (exact) mass is 386 g/mol. The number of likely N-dealkylation sites (tertiary alicyclic amines) is 1. The van der Waals surface area contributed by atoms with Gasteiger partial charge in [0.25, 0.3) is 0 Å². The standard InChI is InChI=1S/C21H26N2O3S/c1-17-6-2-3-7-21(17)27(24,25)23-12-13-26-20-9-8-18(14-19(20)16-23)15-22-10-4-5-11-22/h2-3,6-9,14H,4-5,10-13,15-16H2,1H3. The predicted molar refractivity (Wildman–Crippen MR) is 105 cm³/mol. The third-order valence-electron chi connectivity index (χ3n) is 5.39. The largest absolute Gasteiger partial charge is 0.492 e. The van der Waals surface area contributed by atoms with Crippen molar-refractivity contribution in [3.05, 3.63) is 59.2 Å². The number of fused-ring (bicyclic) bond motifs is 1. The van der Waals surface area contributed by atoms with Crippen LogP contribution in [0.2, 0.25) is 0 Å². The van der Waals surface area contributed by atoms with Gasteiger partial charge in [0, 0.05) is 25.2 Å². The van der Waals surface area contributed by atoms with Gasteiger partial charge in [-0.15, -0.1) is 0 Å². The molecule has 0 atom stereocenters. The molecule has 0 bridgehead atoms. The van der Waals surface area contributed by atoms with Crippen molar-refractivity contribution in [3.63, 3.8) is 0 Å². The first-order valence-corrected chi connectivity index (χ1v) is 11.0. The Morgan fingerprint density at radius 2 is 1.81 bits per heavy atom. The minimum atomic E-state index is -3.55. The summed E-state index contributed by atoms with van der Waals surface area (Å²) < 4.78 is 33.8. The molecular weight excluding hydrogens is 360 g/mol. The van der Waals surface area contributed by atoms with Gasteiger partial charge in [0.2, 0.25) is 10.0 Å². The summed E-state index contributed by atoms with van der Waals surface area (Å²) in [5.41, 5.74) is 2.93. The van der Waals surface area contributed by atoms with Crippen LogP contribution in [0.3, 0.4) is 0 Å². The summed E-state index contributed by atoms with van der Waals surface area (Å²) >= 11 is 0. The fourth-order valence-electron chi connectivity index (χ4n) is 3.91. The van der Waals surface area contributed by atoms with Gasteiger partial charge in [-0.2, -0.15) is 4.31 Å². The number of ether oxygens (including phenoxy) is 1. The maximum absolute atomic E-state index is 13.2. The minimum absolute atomic E-state index is 0.347. The van der Waals surface area contributed by atoms with E-state index in [4.69, 9.17) is 4.74 Å². The van der Waals surface area contributed by atoms with Gasteiger partial charge < -0.3 is 4.74 Å². The first-order chi connectivity index (χ1) is 13.0. The Labute approximate surface area is 161 Å². The zero-order chi connectivity index (χ0) is 18.9. The highest BCUT2D eigenvalue weighted by Crippen LogP contribution is 2.29. The number of sulfonamides is 1. The maximum Gasteiger partial charge on any atom is 0.243 e.